The molecule has 2 aromatic heterocycles. The van der Waals surface area contributed by atoms with Crippen molar-refractivity contribution in [2.45, 2.75) is 4.90 Å². The smallest absolute Gasteiger partial charge is 0.263 e. The number of fused-ring (bicyclic) bond motifs is 1. The van der Waals surface area contributed by atoms with Crippen molar-refractivity contribution in [1.29, 1.82) is 0 Å². The van der Waals surface area contributed by atoms with E-state index in [0.717, 1.165) is 33.6 Å². The van der Waals surface area contributed by atoms with E-state index < -0.39 is 10.0 Å². The van der Waals surface area contributed by atoms with Crippen molar-refractivity contribution in [2.75, 3.05) is 18.9 Å². The van der Waals surface area contributed by atoms with Gasteiger partial charge in [0.25, 0.3) is 10.0 Å². The van der Waals surface area contributed by atoms with Crippen molar-refractivity contribution in [3.8, 4) is 22.6 Å². The number of aryl methyl sites for hydroxylation is 1. The van der Waals surface area contributed by atoms with E-state index in [1.54, 1.807) is 38.5 Å². The summed E-state index contributed by atoms with van der Waals surface area (Å²) >= 11 is 0.979. The number of anilines is 1. The Bertz CT molecular complexity index is 1260. The zero-order valence-electron chi connectivity index (χ0n) is 15.9. The van der Waals surface area contributed by atoms with Gasteiger partial charge in [-0.3, -0.25) is 4.72 Å². The Hall–Kier alpha value is -3.11. The van der Waals surface area contributed by atoms with Crippen LogP contribution in [0.2, 0.25) is 0 Å². The van der Waals surface area contributed by atoms with Gasteiger partial charge in [-0.25, -0.2) is 13.4 Å². The number of rotatable bonds is 6. The van der Waals surface area contributed by atoms with Crippen LogP contribution in [0, 0.1) is 0 Å². The number of benzene rings is 2. The average Bonchev–Trinajstić information content (AvgIpc) is 3.34. The van der Waals surface area contributed by atoms with Crippen LogP contribution >= 0.6 is 11.5 Å². The van der Waals surface area contributed by atoms with E-state index in [1.807, 2.05) is 29.9 Å². The first kappa shape index (κ1) is 19.2. The van der Waals surface area contributed by atoms with E-state index in [1.165, 1.54) is 6.33 Å². The van der Waals surface area contributed by atoms with Crippen LogP contribution in [0.25, 0.3) is 22.0 Å². The molecule has 1 N–H and O–H groups in total. The highest BCUT2D eigenvalue weighted by atomic mass is 32.2. The summed E-state index contributed by atoms with van der Waals surface area (Å²) in [6.07, 6.45) is 3.26. The highest BCUT2D eigenvalue weighted by Gasteiger charge is 2.19. The van der Waals surface area contributed by atoms with E-state index >= 15 is 0 Å². The number of sulfonamides is 1. The minimum atomic E-state index is -3.76. The molecule has 2 heterocycles. The zero-order valence-corrected chi connectivity index (χ0v) is 17.5. The lowest BCUT2D eigenvalue weighted by Gasteiger charge is -2.08. The van der Waals surface area contributed by atoms with Crippen LogP contribution in [0.4, 0.5) is 5.13 Å². The topological polar surface area (TPSA) is 95.3 Å². The summed E-state index contributed by atoms with van der Waals surface area (Å²) in [7, 11) is 1.31. The Balaban J connectivity index is 1.80. The highest BCUT2D eigenvalue weighted by molar-refractivity contribution is 7.93. The second-order valence-electron chi connectivity index (χ2n) is 6.29. The maximum Gasteiger partial charge on any atom is 0.263 e. The number of hydrogen-bond acceptors (Lipinski definition) is 7. The van der Waals surface area contributed by atoms with Crippen molar-refractivity contribution >= 4 is 37.6 Å². The summed E-state index contributed by atoms with van der Waals surface area (Å²) < 4.78 is 44.2. The van der Waals surface area contributed by atoms with E-state index in [2.05, 4.69) is 14.1 Å². The number of aromatic nitrogens is 3. The number of nitrogens with one attached hydrogen (secondary N) is 1. The van der Waals surface area contributed by atoms with Gasteiger partial charge in [-0.2, -0.15) is 4.37 Å². The van der Waals surface area contributed by atoms with Gasteiger partial charge in [0, 0.05) is 47.3 Å². The Morgan fingerprint density at radius 1 is 1.07 bits per heavy atom. The first-order chi connectivity index (χ1) is 13.9. The maximum atomic E-state index is 12.7. The minimum Gasteiger partial charge on any atom is -0.497 e. The third-order valence-electron chi connectivity index (χ3n) is 4.52. The van der Waals surface area contributed by atoms with E-state index in [0.29, 0.717) is 11.5 Å². The van der Waals surface area contributed by atoms with Gasteiger partial charge in [0.1, 0.15) is 17.8 Å². The third kappa shape index (κ3) is 3.64. The Morgan fingerprint density at radius 2 is 1.79 bits per heavy atom. The van der Waals surface area contributed by atoms with Crippen LogP contribution in [-0.4, -0.2) is 36.6 Å². The molecule has 29 heavy (non-hydrogen) atoms. The average molecular weight is 431 g/mol. The molecule has 4 rings (SSSR count). The van der Waals surface area contributed by atoms with Crippen LogP contribution in [0.3, 0.4) is 0 Å². The number of hydrogen-bond donors (Lipinski definition) is 1. The van der Waals surface area contributed by atoms with Gasteiger partial charge in [0.2, 0.25) is 5.13 Å². The van der Waals surface area contributed by atoms with Crippen LogP contribution in [0.15, 0.2) is 53.8 Å². The molecule has 0 aliphatic rings. The van der Waals surface area contributed by atoms with Crippen molar-refractivity contribution in [1.82, 2.24) is 13.9 Å². The third-order valence-corrected chi connectivity index (χ3v) is 6.56. The second kappa shape index (κ2) is 7.37. The van der Waals surface area contributed by atoms with Gasteiger partial charge in [-0.05, 0) is 29.8 Å². The van der Waals surface area contributed by atoms with Gasteiger partial charge in [0.15, 0.2) is 0 Å². The zero-order chi connectivity index (χ0) is 20.6. The van der Waals surface area contributed by atoms with Crippen LogP contribution in [-0.2, 0) is 17.1 Å². The predicted octanol–water partition coefficient (Wildman–Crippen LogP) is 3.51. The van der Waals surface area contributed by atoms with Gasteiger partial charge >= 0.3 is 0 Å². The van der Waals surface area contributed by atoms with E-state index in [9.17, 15) is 8.42 Å². The molecule has 0 bridgehead atoms. The lowest BCUT2D eigenvalue weighted by atomic mass is 10.0. The first-order valence-corrected chi connectivity index (χ1v) is 10.8. The molecule has 0 spiro atoms. The number of nitrogens with zero attached hydrogens (tertiary/aromatic N) is 3. The lowest BCUT2D eigenvalue weighted by molar-refractivity contribution is 0.394. The van der Waals surface area contributed by atoms with E-state index in [4.69, 9.17) is 9.47 Å². The Morgan fingerprint density at radius 3 is 2.41 bits per heavy atom. The molecule has 0 amide bonds. The number of ether oxygens (including phenoxy) is 2. The molecule has 0 aliphatic carbocycles. The highest BCUT2D eigenvalue weighted by Crippen LogP contribution is 2.36. The van der Waals surface area contributed by atoms with Gasteiger partial charge in [0.05, 0.1) is 19.1 Å². The van der Waals surface area contributed by atoms with Gasteiger partial charge < -0.3 is 14.0 Å². The van der Waals surface area contributed by atoms with Gasteiger partial charge in [-0.1, -0.05) is 6.07 Å². The molecule has 0 unspecified atom stereocenters. The molecule has 4 aromatic rings. The lowest BCUT2D eigenvalue weighted by Crippen LogP contribution is -2.12. The molecule has 150 valence electrons. The standard InChI is InChI=1S/C19H18N4O4S2/c1-23-10-17(12-6-13(26-2)8-14(7-12)27-3)16-5-4-15(9-18(16)23)29(24,25)22-19-20-11-21-28-19/h4-11H,1-3H3,(H,20,21,22). The summed E-state index contributed by atoms with van der Waals surface area (Å²) in [5.41, 5.74) is 2.64. The monoisotopic (exact) mass is 430 g/mol. The van der Waals surface area contributed by atoms with Gasteiger partial charge in [-0.15, -0.1) is 0 Å². The molecule has 10 heteroatoms. The quantitative estimate of drug-likeness (QED) is 0.503. The SMILES string of the molecule is COc1cc(OC)cc(-c2cn(C)c3cc(S(=O)(=O)Nc4ncns4)ccc23)c1. The van der Waals surface area contributed by atoms with Crippen molar-refractivity contribution in [3.63, 3.8) is 0 Å². The molecule has 0 saturated heterocycles. The normalized spacial score (nSPS) is 11.6. The Kier molecular flexibility index (Phi) is 4.89. The minimum absolute atomic E-state index is 0.149. The fourth-order valence-corrected chi connectivity index (χ4v) is 4.80. The van der Waals surface area contributed by atoms with Crippen LogP contribution < -0.4 is 14.2 Å². The molecule has 0 atom stereocenters. The van der Waals surface area contributed by atoms with Crippen LogP contribution in [0.1, 0.15) is 0 Å². The fourth-order valence-electron chi connectivity index (χ4n) is 3.12. The molecule has 0 saturated carbocycles. The Labute approximate surface area is 171 Å². The van der Waals surface area contributed by atoms with Crippen molar-refractivity contribution < 1.29 is 17.9 Å². The molecule has 0 aliphatic heterocycles. The largest absolute Gasteiger partial charge is 0.497 e. The fraction of sp³-hybridized carbons (Fsp3) is 0.158. The van der Waals surface area contributed by atoms with E-state index in [-0.39, 0.29) is 10.0 Å². The molecular formula is C19H18N4O4S2. The van der Waals surface area contributed by atoms with Crippen LogP contribution in [0.5, 0.6) is 11.5 Å². The van der Waals surface area contributed by atoms with Crippen molar-refractivity contribution in [2.24, 2.45) is 7.05 Å². The second-order valence-corrected chi connectivity index (χ2v) is 8.75. The first-order valence-electron chi connectivity index (χ1n) is 8.53. The predicted molar refractivity (Wildman–Crippen MR) is 112 cm³/mol. The summed E-state index contributed by atoms with van der Waals surface area (Å²) in [6.45, 7) is 0. The maximum absolute atomic E-state index is 12.7. The molecule has 8 nitrogen and oxygen atoms in total. The number of methoxy groups -OCH3 is 2. The molecule has 0 fully saturated rings. The molecule has 2 aromatic carbocycles. The summed E-state index contributed by atoms with van der Waals surface area (Å²) in [4.78, 5) is 4.02. The molecular weight excluding hydrogens is 412 g/mol. The molecule has 0 radical (unpaired) electrons. The van der Waals surface area contributed by atoms with Crippen molar-refractivity contribution in [3.05, 3.63) is 48.9 Å². The summed E-state index contributed by atoms with van der Waals surface area (Å²) in [6, 6.07) is 10.6. The summed E-state index contributed by atoms with van der Waals surface area (Å²) in [5, 5.41) is 1.14. The summed E-state index contributed by atoms with van der Waals surface area (Å²) in [5.74, 6) is 1.36.